The number of ether oxygens (including phenoxy) is 2. The average Bonchev–Trinajstić information content (AvgIpc) is 3.49. The molecule has 6 rings (SSSR count). The van der Waals surface area contributed by atoms with Gasteiger partial charge in [0, 0.05) is 0 Å². The van der Waals surface area contributed by atoms with Gasteiger partial charge in [0.05, 0.1) is 0 Å². The molecule has 4 aromatic rings. The number of rotatable bonds is 6. The van der Waals surface area contributed by atoms with E-state index in [2.05, 4.69) is 18.2 Å². The fourth-order valence-electron chi connectivity index (χ4n) is 5.42. The Morgan fingerprint density at radius 2 is 1.26 bits per heavy atom. The van der Waals surface area contributed by atoms with Crippen molar-refractivity contribution in [2.45, 2.75) is 30.1 Å². The van der Waals surface area contributed by atoms with Gasteiger partial charge in [0.15, 0.2) is 0 Å². The van der Waals surface area contributed by atoms with Crippen LogP contribution in [-0.2, 0) is 27.0 Å². The summed E-state index contributed by atoms with van der Waals surface area (Å²) in [4.78, 5) is 30.8. The first-order chi connectivity index (χ1) is 19.2. The normalized spacial score (nSPS) is 19.3. The number of amides is 2. The molecule has 0 radical (unpaired) electrons. The van der Waals surface area contributed by atoms with E-state index in [0.29, 0.717) is 6.54 Å². The first kappa shape index (κ1) is 25.2. The Balaban J connectivity index is 1.34. The number of para-hydroxylation sites is 1. The van der Waals surface area contributed by atoms with Crippen molar-refractivity contribution in [2.24, 2.45) is 0 Å². The molecule has 196 valence electrons. The summed E-state index contributed by atoms with van der Waals surface area (Å²) in [5, 5.41) is 0. The van der Waals surface area contributed by atoms with Crippen LogP contribution in [0.2, 0.25) is 0 Å². The van der Waals surface area contributed by atoms with Crippen LogP contribution in [0, 0.1) is 0 Å². The molecule has 0 aliphatic carbocycles. The molecule has 2 atom stereocenters. The SMILES string of the molecule is O=C(OCc1ccccc1)N1CCC2([Se]c3ccccc3)c3ccccc3N(C(=O)OCc3ccccc3)C12. The molecule has 1 fully saturated rings. The number of benzene rings is 4. The van der Waals surface area contributed by atoms with E-state index >= 15 is 0 Å². The number of fused-ring (bicyclic) bond motifs is 3. The predicted octanol–water partition coefficient (Wildman–Crippen LogP) is 5.44. The molecule has 7 heteroatoms. The summed E-state index contributed by atoms with van der Waals surface area (Å²) in [6.07, 6.45) is -0.707. The first-order valence-corrected chi connectivity index (χ1v) is 14.7. The molecule has 1 saturated heterocycles. The Labute approximate surface area is 234 Å². The molecule has 2 heterocycles. The molecule has 2 aliphatic heterocycles. The third-order valence-corrected chi connectivity index (χ3v) is 10.3. The van der Waals surface area contributed by atoms with E-state index in [0.717, 1.165) is 28.8 Å². The van der Waals surface area contributed by atoms with Crippen LogP contribution in [0.25, 0.3) is 0 Å². The van der Waals surface area contributed by atoms with Crippen LogP contribution in [0.3, 0.4) is 0 Å². The second kappa shape index (κ2) is 11.0. The molecule has 0 spiro atoms. The van der Waals surface area contributed by atoms with Crippen molar-refractivity contribution < 1.29 is 19.1 Å². The van der Waals surface area contributed by atoms with E-state index < -0.39 is 22.7 Å². The molecule has 0 bridgehead atoms. The number of carbonyl (C=O) groups excluding carboxylic acids is 2. The van der Waals surface area contributed by atoms with Crippen LogP contribution in [0.5, 0.6) is 0 Å². The molecule has 2 aliphatic rings. The number of nitrogens with zero attached hydrogens (tertiary/aromatic N) is 2. The predicted molar refractivity (Wildman–Crippen MR) is 151 cm³/mol. The van der Waals surface area contributed by atoms with Gasteiger partial charge >= 0.3 is 235 Å². The van der Waals surface area contributed by atoms with E-state index in [1.165, 1.54) is 4.46 Å². The van der Waals surface area contributed by atoms with Gasteiger partial charge < -0.3 is 0 Å². The summed E-state index contributed by atoms with van der Waals surface area (Å²) in [5.41, 5.74) is 3.69. The Kier molecular flexibility index (Phi) is 7.10. The van der Waals surface area contributed by atoms with Crippen LogP contribution in [-0.4, -0.2) is 44.8 Å². The Morgan fingerprint density at radius 1 is 0.718 bits per heavy atom. The van der Waals surface area contributed by atoms with Crippen LogP contribution >= 0.6 is 0 Å². The van der Waals surface area contributed by atoms with Gasteiger partial charge in [-0.05, 0) is 0 Å². The van der Waals surface area contributed by atoms with Crippen molar-refractivity contribution in [3.8, 4) is 0 Å². The molecule has 0 aromatic heterocycles. The topological polar surface area (TPSA) is 59.1 Å². The fraction of sp³-hybridized carbons (Fsp3) is 0.188. The van der Waals surface area contributed by atoms with Gasteiger partial charge in [-0.25, -0.2) is 0 Å². The van der Waals surface area contributed by atoms with E-state index in [1.54, 1.807) is 9.80 Å². The quantitative estimate of drug-likeness (QED) is 0.284. The van der Waals surface area contributed by atoms with Gasteiger partial charge in [0.2, 0.25) is 0 Å². The molecule has 0 saturated carbocycles. The number of carbonyl (C=O) groups is 2. The minimum absolute atomic E-state index is 0.0715. The Morgan fingerprint density at radius 3 is 1.90 bits per heavy atom. The van der Waals surface area contributed by atoms with Crippen LogP contribution in [0.4, 0.5) is 15.3 Å². The summed E-state index contributed by atoms with van der Waals surface area (Å²) < 4.78 is 12.4. The molecule has 0 N–H and O–H groups in total. The third kappa shape index (κ3) is 4.91. The number of likely N-dealkylation sites (tertiary alicyclic amines) is 1. The van der Waals surface area contributed by atoms with Gasteiger partial charge in [0.1, 0.15) is 0 Å². The second-order valence-electron chi connectivity index (χ2n) is 9.59. The maximum atomic E-state index is 13.8. The molecule has 39 heavy (non-hydrogen) atoms. The number of hydrogen-bond donors (Lipinski definition) is 0. The second-order valence-corrected chi connectivity index (χ2v) is 12.5. The summed E-state index contributed by atoms with van der Waals surface area (Å²) in [7, 11) is 0. The van der Waals surface area contributed by atoms with Crippen molar-refractivity contribution in [2.75, 3.05) is 11.4 Å². The zero-order chi connectivity index (χ0) is 26.7. The van der Waals surface area contributed by atoms with E-state index in [4.69, 9.17) is 9.47 Å². The standard InChI is InChI=1S/C32H28N2O4Se/c35-30(37-22-24-12-4-1-5-13-24)33-21-20-32(39-26-16-8-3-9-17-26)27-18-10-11-19-28(27)34(29(32)33)31(36)38-23-25-14-6-2-7-15-25/h1-19,29H,20-23H2. The molecular weight excluding hydrogens is 555 g/mol. The van der Waals surface area contributed by atoms with Crippen LogP contribution in [0.15, 0.2) is 115 Å². The first-order valence-electron chi connectivity index (χ1n) is 13.0. The monoisotopic (exact) mass is 584 g/mol. The molecule has 4 aromatic carbocycles. The molecule has 2 unspecified atom stereocenters. The Bertz CT molecular complexity index is 1450. The van der Waals surface area contributed by atoms with Crippen molar-refractivity contribution in [3.63, 3.8) is 0 Å². The maximum absolute atomic E-state index is 13.8. The summed E-state index contributed by atoms with van der Waals surface area (Å²) in [6.45, 7) is 0.815. The molecule has 6 nitrogen and oxygen atoms in total. The zero-order valence-electron chi connectivity index (χ0n) is 21.3. The van der Waals surface area contributed by atoms with E-state index in [1.807, 2.05) is 97.1 Å². The fourth-order valence-corrected chi connectivity index (χ4v) is 8.63. The summed E-state index contributed by atoms with van der Waals surface area (Å²) in [6, 6.07) is 37.6. The average molecular weight is 584 g/mol. The van der Waals surface area contributed by atoms with E-state index in [-0.39, 0.29) is 28.2 Å². The van der Waals surface area contributed by atoms with Crippen molar-refractivity contribution >= 4 is 37.3 Å². The van der Waals surface area contributed by atoms with Gasteiger partial charge in [-0.3, -0.25) is 0 Å². The van der Waals surface area contributed by atoms with Gasteiger partial charge in [-0.15, -0.1) is 0 Å². The minimum atomic E-state index is -0.540. The van der Waals surface area contributed by atoms with Crippen LogP contribution in [0.1, 0.15) is 23.1 Å². The Hall–Kier alpha value is -4.06. The van der Waals surface area contributed by atoms with Gasteiger partial charge in [-0.2, -0.15) is 0 Å². The van der Waals surface area contributed by atoms with Crippen LogP contribution < -0.4 is 9.36 Å². The van der Waals surface area contributed by atoms with Crippen molar-refractivity contribution in [1.29, 1.82) is 0 Å². The number of hydrogen-bond acceptors (Lipinski definition) is 4. The molecule has 2 amide bonds. The summed E-state index contributed by atoms with van der Waals surface area (Å²) in [5.74, 6) is 0. The summed E-state index contributed by atoms with van der Waals surface area (Å²) >= 11 is -0.0715. The zero-order valence-corrected chi connectivity index (χ0v) is 23.0. The molecular formula is C32H28N2O4Se. The van der Waals surface area contributed by atoms with Gasteiger partial charge in [-0.1, -0.05) is 0 Å². The van der Waals surface area contributed by atoms with Crippen molar-refractivity contribution in [3.05, 3.63) is 132 Å². The van der Waals surface area contributed by atoms with Crippen molar-refractivity contribution in [1.82, 2.24) is 4.90 Å². The third-order valence-electron chi connectivity index (χ3n) is 7.19. The number of anilines is 1. The van der Waals surface area contributed by atoms with Gasteiger partial charge in [0.25, 0.3) is 0 Å². The van der Waals surface area contributed by atoms with E-state index in [9.17, 15) is 9.59 Å².